The van der Waals surface area contributed by atoms with E-state index in [1.165, 1.54) is 12.1 Å². The molecule has 0 aliphatic carbocycles. The number of halogens is 3. The van der Waals surface area contributed by atoms with Crippen molar-refractivity contribution in [3.05, 3.63) is 59.4 Å². The summed E-state index contributed by atoms with van der Waals surface area (Å²) < 4.78 is 40.9. The molecule has 0 unspecified atom stereocenters. The maximum Gasteiger partial charge on any atom is 0.449 e. The summed E-state index contributed by atoms with van der Waals surface area (Å²) in [4.78, 5) is 16.1. The van der Waals surface area contributed by atoms with Crippen molar-refractivity contribution < 1.29 is 18.0 Å². The second kappa shape index (κ2) is 6.82. The van der Waals surface area contributed by atoms with Crippen LogP contribution >= 0.6 is 0 Å². The van der Waals surface area contributed by atoms with Gasteiger partial charge in [-0.05, 0) is 36.6 Å². The zero-order chi connectivity index (χ0) is 18.9. The quantitative estimate of drug-likeness (QED) is 0.740. The number of carbonyl (C=O) groups is 1. The van der Waals surface area contributed by atoms with Gasteiger partial charge in [0.15, 0.2) is 0 Å². The standard InChI is InChI=1S/C19H18F3N3O/c1-3-13-8-6-7-12(2)17(13)24-16(26)11-25-15-10-5-4-9-14(15)23-18(25)19(20,21)22/h4-10H,3,11H2,1-2H3,(H,24,26). The van der Waals surface area contributed by atoms with E-state index in [4.69, 9.17) is 0 Å². The van der Waals surface area contributed by atoms with Crippen LogP contribution in [0.2, 0.25) is 0 Å². The van der Waals surface area contributed by atoms with Crippen LogP contribution in [0.5, 0.6) is 0 Å². The molecule has 1 N–H and O–H groups in total. The number of hydrogen-bond acceptors (Lipinski definition) is 2. The molecule has 4 nitrogen and oxygen atoms in total. The van der Waals surface area contributed by atoms with Gasteiger partial charge in [-0.15, -0.1) is 0 Å². The molecule has 0 saturated carbocycles. The number of anilines is 1. The number of rotatable bonds is 4. The van der Waals surface area contributed by atoms with Gasteiger partial charge < -0.3 is 9.88 Å². The van der Waals surface area contributed by atoms with Gasteiger partial charge in [-0.25, -0.2) is 4.98 Å². The van der Waals surface area contributed by atoms with E-state index in [0.29, 0.717) is 12.1 Å². The average Bonchev–Trinajstić information content (AvgIpc) is 2.96. The van der Waals surface area contributed by atoms with Gasteiger partial charge in [-0.3, -0.25) is 4.79 Å². The van der Waals surface area contributed by atoms with E-state index in [9.17, 15) is 18.0 Å². The van der Waals surface area contributed by atoms with Gasteiger partial charge in [0.25, 0.3) is 0 Å². The van der Waals surface area contributed by atoms with Gasteiger partial charge in [-0.1, -0.05) is 37.3 Å². The number of benzene rings is 2. The van der Waals surface area contributed by atoms with Gasteiger partial charge in [0, 0.05) is 5.69 Å². The molecule has 2 aromatic carbocycles. The van der Waals surface area contributed by atoms with Gasteiger partial charge in [0.1, 0.15) is 6.54 Å². The number of para-hydroxylation sites is 3. The fraction of sp³-hybridized carbons (Fsp3) is 0.263. The Labute approximate surface area is 148 Å². The molecule has 3 rings (SSSR count). The van der Waals surface area contributed by atoms with Crippen LogP contribution in [-0.2, 0) is 23.9 Å². The Morgan fingerprint density at radius 2 is 1.88 bits per heavy atom. The Balaban J connectivity index is 1.96. The Morgan fingerprint density at radius 1 is 1.15 bits per heavy atom. The summed E-state index contributed by atoms with van der Waals surface area (Å²) in [5.41, 5.74) is 2.93. The lowest BCUT2D eigenvalue weighted by Crippen LogP contribution is -2.24. The summed E-state index contributed by atoms with van der Waals surface area (Å²) >= 11 is 0. The molecular formula is C19H18F3N3O. The van der Waals surface area contributed by atoms with Crippen LogP contribution in [-0.4, -0.2) is 15.5 Å². The molecule has 0 atom stereocenters. The van der Waals surface area contributed by atoms with Crippen LogP contribution in [0.1, 0.15) is 23.9 Å². The zero-order valence-electron chi connectivity index (χ0n) is 14.4. The topological polar surface area (TPSA) is 46.9 Å². The van der Waals surface area contributed by atoms with Crippen molar-refractivity contribution in [1.29, 1.82) is 0 Å². The Bertz CT molecular complexity index is 960. The van der Waals surface area contributed by atoms with Crippen LogP contribution in [0, 0.1) is 6.92 Å². The second-order valence-corrected chi connectivity index (χ2v) is 6.02. The van der Waals surface area contributed by atoms with Gasteiger partial charge in [-0.2, -0.15) is 13.2 Å². The summed E-state index contributed by atoms with van der Waals surface area (Å²) in [6.45, 7) is 3.34. The summed E-state index contributed by atoms with van der Waals surface area (Å²) in [6, 6.07) is 11.9. The minimum absolute atomic E-state index is 0.206. The average molecular weight is 361 g/mol. The maximum absolute atomic E-state index is 13.3. The van der Waals surface area contributed by atoms with E-state index in [2.05, 4.69) is 10.3 Å². The predicted molar refractivity (Wildman–Crippen MR) is 93.9 cm³/mol. The number of amides is 1. The van der Waals surface area contributed by atoms with E-state index >= 15 is 0 Å². The van der Waals surface area contributed by atoms with Gasteiger partial charge >= 0.3 is 6.18 Å². The van der Waals surface area contributed by atoms with Crippen molar-refractivity contribution in [2.75, 3.05) is 5.32 Å². The Kier molecular flexibility index (Phi) is 4.71. The first-order valence-electron chi connectivity index (χ1n) is 8.22. The second-order valence-electron chi connectivity index (χ2n) is 6.02. The highest BCUT2D eigenvalue weighted by Crippen LogP contribution is 2.31. The van der Waals surface area contributed by atoms with Crippen molar-refractivity contribution in [3.63, 3.8) is 0 Å². The summed E-state index contributed by atoms with van der Waals surface area (Å²) in [5, 5.41) is 2.76. The lowest BCUT2D eigenvalue weighted by molar-refractivity contribution is -0.147. The van der Waals surface area contributed by atoms with E-state index in [1.54, 1.807) is 12.1 Å². The normalized spacial score (nSPS) is 11.7. The number of aryl methyl sites for hydroxylation is 2. The van der Waals surface area contributed by atoms with E-state index < -0.39 is 24.5 Å². The molecule has 3 aromatic rings. The highest BCUT2D eigenvalue weighted by molar-refractivity contribution is 5.93. The SMILES string of the molecule is CCc1cccc(C)c1NC(=O)Cn1c(C(F)(F)F)nc2ccccc21. The number of imidazole rings is 1. The molecule has 1 amide bonds. The molecule has 0 saturated heterocycles. The van der Waals surface area contributed by atoms with E-state index in [0.717, 1.165) is 15.7 Å². The van der Waals surface area contributed by atoms with Gasteiger partial charge in [0.05, 0.1) is 11.0 Å². The number of nitrogens with zero attached hydrogens (tertiary/aromatic N) is 2. The van der Waals surface area contributed by atoms with Crippen molar-refractivity contribution in [3.8, 4) is 0 Å². The third kappa shape index (κ3) is 3.42. The third-order valence-corrected chi connectivity index (χ3v) is 4.21. The van der Waals surface area contributed by atoms with E-state index in [-0.39, 0.29) is 11.0 Å². The molecule has 0 radical (unpaired) electrons. The maximum atomic E-state index is 13.3. The van der Waals surface area contributed by atoms with Crippen LogP contribution in [0.4, 0.5) is 18.9 Å². The number of aromatic nitrogens is 2. The minimum Gasteiger partial charge on any atom is -0.324 e. The number of hydrogen-bond donors (Lipinski definition) is 1. The largest absolute Gasteiger partial charge is 0.449 e. The molecular weight excluding hydrogens is 343 g/mol. The third-order valence-electron chi connectivity index (χ3n) is 4.21. The molecule has 26 heavy (non-hydrogen) atoms. The fourth-order valence-corrected chi connectivity index (χ4v) is 2.98. The lowest BCUT2D eigenvalue weighted by atomic mass is 10.1. The fourth-order valence-electron chi connectivity index (χ4n) is 2.98. The molecule has 7 heteroatoms. The molecule has 0 bridgehead atoms. The number of alkyl halides is 3. The molecule has 0 fully saturated rings. The molecule has 0 aliphatic rings. The number of carbonyl (C=O) groups excluding carboxylic acids is 1. The number of nitrogens with one attached hydrogen (secondary N) is 1. The van der Waals surface area contributed by atoms with Crippen LogP contribution < -0.4 is 5.32 Å². The van der Waals surface area contributed by atoms with Crippen molar-refractivity contribution in [2.45, 2.75) is 33.0 Å². The molecule has 0 spiro atoms. The highest BCUT2D eigenvalue weighted by atomic mass is 19.4. The zero-order valence-corrected chi connectivity index (χ0v) is 14.4. The molecule has 0 aliphatic heterocycles. The smallest absolute Gasteiger partial charge is 0.324 e. The van der Waals surface area contributed by atoms with Crippen molar-refractivity contribution >= 4 is 22.6 Å². The van der Waals surface area contributed by atoms with Crippen molar-refractivity contribution in [1.82, 2.24) is 9.55 Å². The minimum atomic E-state index is -4.64. The predicted octanol–water partition coefficient (Wildman–Crippen LogP) is 4.56. The number of fused-ring (bicyclic) bond motifs is 1. The first-order chi connectivity index (χ1) is 12.3. The first-order valence-corrected chi connectivity index (χ1v) is 8.22. The summed E-state index contributed by atoms with van der Waals surface area (Å²) in [7, 11) is 0. The monoisotopic (exact) mass is 361 g/mol. The van der Waals surface area contributed by atoms with E-state index in [1.807, 2.05) is 32.0 Å². The summed E-state index contributed by atoms with van der Waals surface area (Å²) in [6.07, 6.45) is -3.93. The van der Waals surface area contributed by atoms with Crippen molar-refractivity contribution in [2.24, 2.45) is 0 Å². The van der Waals surface area contributed by atoms with Gasteiger partial charge in [0.2, 0.25) is 11.7 Å². The highest BCUT2D eigenvalue weighted by Gasteiger charge is 2.38. The van der Waals surface area contributed by atoms with Crippen LogP contribution in [0.25, 0.3) is 11.0 Å². The van der Waals surface area contributed by atoms with Crippen LogP contribution in [0.15, 0.2) is 42.5 Å². The Morgan fingerprint density at radius 3 is 2.58 bits per heavy atom. The molecule has 1 aromatic heterocycles. The first kappa shape index (κ1) is 18.0. The molecule has 136 valence electrons. The lowest BCUT2D eigenvalue weighted by Gasteiger charge is -2.15. The Hall–Kier alpha value is -2.83. The van der Waals surface area contributed by atoms with Crippen LogP contribution in [0.3, 0.4) is 0 Å². The summed E-state index contributed by atoms with van der Waals surface area (Å²) in [5.74, 6) is -1.60. The molecule has 1 heterocycles.